The second-order valence-electron chi connectivity index (χ2n) is 8.01. The van der Waals surface area contributed by atoms with E-state index in [0.717, 1.165) is 16.7 Å². The maximum Gasteiger partial charge on any atom is 0.408 e. The largest absolute Gasteiger partial charge is 0.444 e. The fourth-order valence-electron chi connectivity index (χ4n) is 2.61. The number of amides is 3. The van der Waals surface area contributed by atoms with Crippen molar-refractivity contribution in [1.29, 1.82) is 0 Å². The molecular weight excluding hydrogens is 394 g/mol. The summed E-state index contributed by atoms with van der Waals surface area (Å²) in [6.07, 6.45) is 2.61. The number of rotatable bonds is 7. The molecule has 0 saturated heterocycles. The van der Waals surface area contributed by atoms with Crippen LogP contribution in [-0.2, 0) is 20.9 Å². The quantitative estimate of drug-likeness (QED) is 0.591. The Labute approximate surface area is 182 Å². The van der Waals surface area contributed by atoms with Gasteiger partial charge < -0.3 is 20.7 Å². The minimum absolute atomic E-state index is 0.185. The van der Waals surface area contributed by atoms with Crippen LogP contribution in [0.2, 0.25) is 0 Å². The first-order chi connectivity index (χ1) is 14.6. The molecule has 0 aliphatic heterocycles. The fraction of sp³-hybridized carbons (Fsp3) is 0.292. The zero-order valence-corrected chi connectivity index (χ0v) is 18.3. The molecule has 31 heavy (non-hydrogen) atoms. The van der Waals surface area contributed by atoms with E-state index < -0.39 is 11.7 Å². The third-order valence-electron chi connectivity index (χ3n) is 4.08. The van der Waals surface area contributed by atoms with Crippen LogP contribution in [0.15, 0.2) is 54.6 Å². The monoisotopic (exact) mass is 423 g/mol. The Morgan fingerprint density at radius 1 is 1.00 bits per heavy atom. The molecule has 0 bridgehead atoms. The maximum absolute atomic E-state index is 12.2. The van der Waals surface area contributed by atoms with E-state index in [9.17, 15) is 14.4 Å². The predicted octanol–water partition coefficient (Wildman–Crippen LogP) is 3.79. The molecule has 3 amide bonds. The van der Waals surface area contributed by atoms with Gasteiger partial charge in [-0.05, 0) is 62.6 Å². The molecule has 7 nitrogen and oxygen atoms in total. The van der Waals surface area contributed by atoms with Crippen LogP contribution in [0.4, 0.5) is 10.5 Å². The van der Waals surface area contributed by atoms with Gasteiger partial charge in [0.1, 0.15) is 12.1 Å². The molecule has 0 spiro atoms. The van der Waals surface area contributed by atoms with Gasteiger partial charge in [-0.15, -0.1) is 0 Å². The van der Waals surface area contributed by atoms with E-state index >= 15 is 0 Å². The lowest BCUT2D eigenvalue weighted by Crippen LogP contribution is -2.39. The van der Waals surface area contributed by atoms with Crippen molar-refractivity contribution in [3.63, 3.8) is 0 Å². The summed E-state index contributed by atoms with van der Waals surface area (Å²) < 4.78 is 5.08. The van der Waals surface area contributed by atoms with E-state index in [1.807, 2.05) is 37.3 Å². The highest BCUT2D eigenvalue weighted by Crippen LogP contribution is 2.12. The Bertz CT molecular complexity index is 961. The number of carbonyl (C=O) groups is 3. The average molecular weight is 424 g/mol. The van der Waals surface area contributed by atoms with Crippen molar-refractivity contribution in [1.82, 2.24) is 10.6 Å². The number of alkyl carbamates (subject to hydrolysis) is 1. The SMILES string of the molecule is Cc1ccccc1/C=C/C(=O)Nc1cccc(CNC(=O)CNC(=O)OC(C)(C)C)c1. The van der Waals surface area contributed by atoms with E-state index in [4.69, 9.17) is 4.74 Å². The number of anilines is 1. The van der Waals surface area contributed by atoms with Gasteiger partial charge in [0.15, 0.2) is 0 Å². The zero-order valence-electron chi connectivity index (χ0n) is 18.3. The number of ether oxygens (including phenoxy) is 1. The molecule has 0 aromatic heterocycles. The molecule has 164 valence electrons. The normalized spacial score (nSPS) is 11.1. The lowest BCUT2D eigenvalue weighted by atomic mass is 10.1. The third-order valence-corrected chi connectivity index (χ3v) is 4.08. The van der Waals surface area contributed by atoms with Crippen molar-refractivity contribution < 1.29 is 19.1 Å². The summed E-state index contributed by atoms with van der Waals surface area (Å²) in [5.41, 5.74) is 2.88. The number of hydrogen-bond acceptors (Lipinski definition) is 4. The molecule has 0 unspecified atom stereocenters. The standard InChI is InChI=1S/C24H29N3O4/c1-17-8-5-6-10-19(17)12-13-21(28)27-20-11-7-9-18(14-20)15-25-22(29)16-26-23(30)31-24(2,3)4/h5-14H,15-16H2,1-4H3,(H,25,29)(H,26,30)(H,27,28)/b13-12+. The molecule has 0 saturated carbocycles. The molecule has 0 aliphatic carbocycles. The van der Waals surface area contributed by atoms with Crippen molar-refractivity contribution in [2.24, 2.45) is 0 Å². The minimum atomic E-state index is -0.647. The van der Waals surface area contributed by atoms with E-state index in [0.29, 0.717) is 5.69 Å². The molecule has 0 atom stereocenters. The topological polar surface area (TPSA) is 96.5 Å². The summed E-state index contributed by atoms with van der Waals surface area (Å²) in [4.78, 5) is 35.7. The van der Waals surface area contributed by atoms with Gasteiger partial charge in [-0.2, -0.15) is 0 Å². The zero-order chi connectivity index (χ0) is 22.9. The van der Waals surface area contributed by atoms with Gasteiger partial charge >= 0.3 is 6.09 Å². The van der Waals surface area contributed by atoms with Crippen LogP contribution in [0.5, 0.6) is 0 Å². The molecule has 0 radical (unpaired) electrons. The first-order valence-electron chi connectivity index (χ1n) is 9.99. The smallest absolute Gasteiger partial charge is 0.408 e. The van der Waals surface area contributed by atoms with Crippen LogP contribution in [0.1, 0.15) is 37.5 Å². The molecule has 7 heteroatoms. The number of carbonyl (C=O) groups excluding carboxylic acids is 3. The van der Waals surface area contributed by atoms with Crippen LogP contribution in [0.3, 0.4) is 0 Å². The van der Waals surface area contributed by atoms with Gasteiger partial charge in [0.25, 0.3) is 0 Å². The number of nitrogens with one attached hydrogen (secondary N) is 3. The second-order valence-corrected chi connectivity index (χ2v) is 8.01. The van der Waals surface area contributed by atoms with Crippen LogP contribution < -0.4 is 16.0 Å². The van der Waals surface area contributed by atoms with Gasteiger partial charge in [-0.1, -0.05) is 36.4 Å². The fourth-order valence-corrected chi connectivity index (χ4v) is 2.61. The molecule has 2 aromatic rings. The molecule has 3 N–H and O–H groups in total. The average Bonchev–Trinajstić information content (AvgIpc) is 2.69. The minimum Gasteiger partial charge on any atom is -0.444 e. The van der Waals surface area contributed by atoms with Crippen molar-refractivity contribution in [2.75, 3.05) is 11.9 Å². The van der Waals surface area contributed by atoms with E-state index in [1.54, 1.807) is 45.0 Å². The Kier molecular flexibility index (Phi) is 8.37. The van der Waals surface area contributed by atoms with Crippen molar-refractivity contribution in [3.05, 3.63) is 71.3 Å². The summed E-state index contributed by atoms with van der Waals surface area (Å²) in [7, 11) is 0. The van der Waals surface area contributed by atoms with Crippen LogP contribution >= 0.6 is 0 Å². The highest BCUT2D eigenvalue weighted by Gasteiger charge is 2.16. The van der Waals surface area contributed by atoms with Crippen molar-refractivity contribution in [2.45, 2.75) is 39.8 Å². The Balaban J connectivity index is 1.82. The third kappa shape index (κ3) is 9.16. The number of hydrogen-bond donors (Lipinski definition) is 3. The van der Waals surface area contributed by atoms with E-state index in [2.05, 4.69) is 16.0 Å². The molecule has 2 rings (SSSR count). The van der Waals surface area contributed by atoms with Crippen LogP contribution in [0, 0.1) is 6.92 Å². The lowest BCUT2D eigenvalue weighted by molar-refractivity contribution is -0.120. The van der Waals surface area contributed by atoms with Gasteiger partial charge in [0, 0.05) is 18.3 Å². The first kappa shape index (κ1) is 23.7. The van der Waals surface area contributed by atoms with Gasteiger partial charge in [0.05, 0.1) is 0 Å². The van der Waals surface area contributed by atoms with Gasteiger partial charge in [-0.3, -0.25) is 9.59 Å². The molecular formula is C24H29N3O4. The molecule has 0 heterocycles. The summed E-state index contributed by atoms with van der Waals surface area (Å²) in [6, 6.07) is 15.0. The number of benzene rings is 2. The lowest BCUT2D eigenvalue weighted by Gasteiger charge is -2.19. The predicted molar refractivity (Wildman–Crippen MR) is 121 cm³/mol. The van der Waals surface area contributed by atoms with Gasteiger partial charge in [0.2, 0.25) is 11.8 Å². The summed E-state index contributed by atoms with van der Waals surface area (Å²) >= 11 is 0. The van der Waals surface area contributed by atoms with Crippen molar-refractivity contribution in [3.8, 4) is 0 Å². The molecule has 2 aromatic carbocycles. The van der Waals surface area contributed by atoms with Crippen LogP contribution in [-0.4, -0.2) is 30.1 Å². The Morgan fingerprint density at radius 3 is 2.45 bits per heavy atom. The second kappa shape index (κ2) is 11.0. The molecule has 0 aliphatic rings. The molecule has 0 fully saturated rings. The maximum atomic E-state index is 12.2. The highest BCUT2D eigenvalue weighted by molar-refractivity contribution is 6.02. The summed E-state index contributed by atoms with van der Waals surface area (Å²) in [6.45, 7) is 7.30. The van der Waals surface area contributed by atoms with Crippen LogP contribution in [0.25, 0.3) is 6.08 Å². The van der Waals surface area contributed by atoms with Gasteiger partial charge in [-0.25, -0.2) is 4.79 Å². The van der Waals surface area contributed by atoms with E-state index in [-0.39, 0.29) is 24.9 Å². The summed E-state index contributed by atoms with van der Waals surface area (Å²) in [5, 5.41) is 7.93. The number of aryl methyl sites for hydroxylation is 1. The van der Waals surface area contributed by atoms with E-state index in [1.165, 1.54) is 6.08 Å². The Morgan fingerprint density at radius 2 is 1.74 bits per heavy atom. The van der Waals surface area contributed by atoms with Crippen molar-refractivity contribution >= 4 is 29.7 Å². The Hall–Kier alpha value is -3.61. The highest BCUT2D eigenvalue weighted by atomic mass is 16.6. The first-order valence-corrected chi connectivity index (χ1v) is 9.99. The summed E-state index contributed by atoms with van der Waals surface area (Å²) in [5.74, 6) is -0.590.